The third-order valence-corrected chi connectivity index (χ3v) is 3.58. The first kappa shape index (κ1) is 13.0. The summed E-state index contributed by atoms with van der Waals surface area (Å²) in [7, 11) is 1.73. The molecule has 0 spiro atoms. The van der Waals surface area contributed by atoms with E-state index in [9.17, 15) is 4.79 Å². The second kappa shape index (κ2) is 5.46. The van der Waals surface area contributed by atoms with Crippen LogP contribution in [0.25, 0.3) is 0 Å². The van der Waals surface area contributed by atoms with E-state index in [4.69, 9.17) is 11.6 Å². The standard InChI is InChI=1S/C12H12ClN3OS/c1-8-5-15-10(6-14-8)12(17)16(2)7-9-3-4-11(13)18-9/h3-6H,7H2,1-2H3. The number of rotatable bonds is 3. The van der Waals surface area contributed by atoms with Crippen molar-refractivity contribution >= 4 is 28.8 Å². The van der Waals surface area contributed by atoms with Gasteiger partial charge in [-0.05, 0) is 19.1 Å². The van der Waals surface area contributed by atoms with Gasteiger partial charge in [0.2, 0.25) is 0 Å². The molecule has 0 fully saturated rings. The maximum absolute atomic E-state index is 12.1. The number of hydrogen-bond donors (Lipinski definition) is 0. The highest BCUT2D eigenvalue weighted by Crippen LogP contribution is 2.22. The van der Waals surface area contributed by atoms with Crippen molar-refractivity contribution in [1.29, 1.82) is 0 Å². The first-order chi connectivity index (χ1) is 8.56. The van der Waals surface area contributed by atoms with E-state index in [-0.39, 0.29) is 5.91 Å². The van der Waals surface area contributed by atoms with Crippen LogP contribution < -0.4 is 0 Å². The largest absolute Gasteiger partial charge is 0.335 e. The number of carbonyl (C=O) groups is 1. The summed E-state index contributed by atoms with van der Waals surface area (Å²) >= 11 is 7.32. The van der Waals surface area contributed by atoms with E-state index in [0.717, 1.165) is 14.9 Å². The summed E-state index contributed by atoms with van der Waals surface area (Å²) in [4.78, 5) is 22.8. The quantitative estimate of drug-likeness (QED) is 0.869. The normalized spacial score (nSPS) is 10.4. The Labute approximate surface area is 114 Å². The van der Waals surface area contributed by atoms with Crippen LogP contribution in [-0.2, 0) is 6.54 Å². The molecule has 0 saturated carbocycles. The zero-order valence-electron chi connectivity index (χ0n) is 10.1. The molecule has 2 aromatic heterocycles. The van der Waals surface area contributed by atoms with E-state index in [1.165, 1.54) is 17.5 Å². The summed E-state index contributed by atoms with van der Waals surface area (Å²) < 4.78 is 0.723. The zero-order chi connectivity index (χ0) is 13.1. The van der Waals surface area contributed by atoms with Gasteiger partial charge in [0.25, 0.3) is 5.91 Å². The van der Waals surface area contributed by atoms with Crippen LogP contribution >= 0.6 is 22.9 Å². The van der Waals surface area contributed by atoms with Crippen LogP contribution in [0.4, 0.5) is 0 Å². The Morgan fingerprint density at radius 3 is 2.72 bits per heavy atom. The van der Waals surface area contributed by atoms with Gasteiger partial charge in [-0.3, -0.25) is 9.78 Å². The predicted molar refractivity (Wildman–Crippen MR) is 71.9 cm³/mol. The number of nitrogens with zero attached hydrogens (tertiary/aromatic N) is 3. The Kier molecular flexibility index (Phi) is 3.93. The topological polar surface area (TPSA) is 46.1 Å². The van der Waals surface area contributed by atoms with Gasteiger partial charge in [0.05, 0.1) is 22.8 Å². The number of amides is 1. The molecule has 0 N–H and O–H groups in total. The number of thiophene rings is 1. The van der Waals surface area contributed by atoms with Crippen LogP contribution in [0.1, 0.15) is 21.1 Å². The van der Waals surface area contributed by atoms with E-state index in [2.05, 4.69) is 9.97 Å². The van der Waals surface area contributed by atoms with Crippen LogP contribution in [0.2, 0.25) is 4.34 Å². The SMILES string of the molecule is Cc1cnc(C(=O)N(C)Cc2ccc(Cl)s2)cn1. The van der Waals surface area contributed by atoms with E-state index in [1.807, 2.05) is 19.1 Å². The molecule has 0 saturated heterocycles. The highest BCUT2D eigenvalue weighted by Gasteiger charge is 2.14. The van der Waals surface area contributed by atoms with Gasteiger partial charge >= 0.3 is 0 Å². The zero-order valence-corrected chi connectivity index (χ0v) is 11.6. The van der Waals surface area contributed by atoms with Crippen molar-refractivity contribution in [2.24, 2.45) is 0 Å². The Bertz CT molecular complexity index is 553. The lowest BCUT2D eigenvalue weighted by molar-refractivity contribution is 0.0780. The Morgan fingerprint density at radius 1 is 1.39 bits per heavy atom. The molecule has 18 heavy (non-hydrogen) atoms. The minimum Gasteiger partial charge on any atom is -0.335 e. The summed E-state index contributed by atoms with van der Waals surface area (Å²) in [6.07, 6.45) is 3.08. The lowest BCUT2D eigenvalue weighted by Gasteiger charge is -2.15. The smallest absolute Gasteiger partial charge is 0.274 e. The molecular formula is C12H12ClN3OS. The molecule has 0 unspecified atom stereocenters. The van der Waals surface area contributed by atoms with E-state index < -0.39 is 0 Å². The average Bonchev–Trinajstić information content (AvgIpc) is 2.75. The highest BCUT2D eigenvalue weighted by molar-refractivity contribution is 7.16. The molecule has 2 aromatic rings. The van der Waals surface area contributed by atoms with Crippen molar-refractivity contribution in [3.63, 3.8) is 0 Å². The van der Waals surface area contributed by atoms with E-state index in [0.29, 0.717) is 12.2 Å². The molecule has 0 bridgehead atoms. The molecule has 1 amide bonds. The molecule has 0 aliphatic carbocycles. The molecule has 4 nitrogen and oxygen atoms in total. The minimum absolute atomic E-state index is 0.146. The molecule has 0 aliphatic heterocycles. The van der Waals surface area contributed by atoms with Gasteiger partial charge in [0.15, 0.2) is 0 Å². The molecule has 94 valence electrons. The number of carbonyl (C=O) groups excluding carboxylic acids is 1. The molecule has 0 atom stereocenters. The molecule has 2 rings (SSSR count). The molecule has 0 aliphatic rings. The number of aryl methyl sites for hydroxylation is 1. The third kappa shape index (κ3) is 3.05. The van der Waals surface area contributed by atoms with Crippen molar-refractivity contribution < 1.29 is 4.79 Å². The fourth-order valence-corrected chi connectivity index (χ4v) is 2.58. The van der Waals surface area contributed by atoms with Crippen molar-refractivity contribution in [3.8, 4) is 0 Å². The van der Waals surface area contributed by atoms with Gasteiger partial charge in [0.1, 0.15) is 5.69 Å². The summed E-state index contributed by atoms with van der Waals surface area (Å²) in [6.45, 7) is 2.35. The molecule has 2 heterocycles. The number of halogens is 1. The third-order valence-electron chi connectivity index (χ3n) is 2.37. The van der Waals surface area contributed by atoms with Gasteiger partial charge in [-0.25, -0.2) is 4.98 Å². The summed E-state index contributed by atoms with van der Waals surface area (Å²) in [5, 5.41) is 0. The maximum Gasteiger partial charge on any atom is 0.274 e. The number of hydrogen-bond acceptors (Lipinski definition) is 4. The van der Waals surface area contributed by atoms with Gasteiger partial charge in [0, 0.05) is 18.1 Å². The lowest BCUT2D eigenvalue weighted by Crippen LogP contribution is -2.26. The van der Waals surface area contributed by atoms with Crippen LogP contribution in [0.5, 0.6) is 0 Å². The Morgan fingerprint density at radius 2 is 2.17 bits per heavy atom. The van der Waals surface area contributed by atoms with Crippen molar-refractivity contribution in [3.05, 3.63) is 45.1 Å². The molecule has 0 aromatic carbocycles. The monoisotopic (exact) mass is 281 g/mol. The highest BCUT2D eigenvalue weighted by atomic mass is 35.5. The maximum atomic E-state index is 12.1. The Hall–Kier alpha value is -1.46. The first-order valence-electron chi connectivity index (χ1n) is 5.34. The van der Waals surface area contributed by atoms with Gasteiger partial charge in [-0.2, -0.15) is 0 Å². The van der Waals surface area contributed by atoms with Crippen molar-refractivity contribution in [2.75, 3.05) is 7.05 Å². The van der Waals surface area contributed by atoms with Crippen molar-refractivity contribution in [2.45, 2.75) is 13.5 Å². The molecule has 0 radical (unpaired) electrons. The fraction of sp³-hybridized carbons (Fsp3) is 0.250. The van der Waals surface area contributed by atoms with Crippen molar-refractivity contribution in [1.82, 2.24) is 14.9 Å². The predicted octanol–water partition coefficient (Wildman–Crippen LogP) is 2.77. The molecular weight excluding hydrogens is 270 g/mol. The van der Waals surface area contributed by atoms with Crippen LogP contribution in [0.3, 0.4) is 0 Å². The minimum atomic E-state index is -0.146. The second-order valence-electron chi connectivity index (χ2n) is 3.91. The summed E-state index contributed by atoms with van der Waals surface area (Å²) in [5.41, 5.74) is 1.14. The first-order valence-corrected chi connectivity index (χ1v) is 6.54. The van der Waals surface area contributed by atoms with Crippen LogP contribution in [-0.4, -0.2) is 27.8 Å². The van der Waals surface area contributed by atoms with Gasteiger partial charge < -0.3 is 4.90 Å². The lowest BCUT2D eigenvalue weighted by atomic mass is 10.3. The second-order valence-corrected chi connectivity index (χ2v) is 5.71. The number of aromatic nitrogens is 2. The molecule has 6 heteroatoms. The van der Waals surface area contributed by atoms with Gasteiger partial charge in [-0.1, -0.05) is 11.6 Å². The van der Waals surface area contributed by atoms with Crippen LogP contribution in [0, 0.1) is 6.92 Å². The fourth-order valence-electron chi connectivity index (χ4n) is 1.44. The average molecular weight is 282 g/mol. The summed E-state index contributed by atoms with van der Waals surface area (Å²) in [5.74, 6) is -0.146. The van der Waals surface area contributed by atoms with Gasteiger partial charge in [-0.15, -0.1) is 11.3 Å². The van der Waals surface area contributed by atoms with E-state index in [1.54, 1.807) is 18.1 Å². The van der Waals surface area contributed by atoms with Crippen LogP contribution in [0.15, 0.2) is 24.5 Å². The van der Waals surface area contributed by atoms with E-state index >= 15 is 0 Å². The Balaban J connectivity index is 2.07. The summed E-state index contributed by atoms with van der Waals surface area (Å²) in [6, 6.07) is 3.74.